The van der Waals surface area contributed by atoms with Gasteiger partial charge in [0.2, 0.25) is 5.91 Å². The van der Waals surface area contributed by atoms with E-state index in [0.29, 0.717) is 26.4 Å². The van der Waals surface area contributed by atoms with Gasteiger partial charge in [-0.2, -0.15) is 0 Å². The number of rotatable bonds is 3. The van der Waals surface area contributed by atoms with Crippen LogP contribution in [0.2, 0.25) is 0 Å². The number of likely N-dealkylation sites (tertiary alicyclic amines) is 1. The fraction of sp³-hybridized carbons (Fsp3) is 0.375. The van der Waals surface area contributed by atoms with Crippen LogP contribution >= 0.6 is 0 Å². The van der Waals surface area contributed by atoms with Gasteiger partial charge >= 0.3 is 0 Å². The van der Waals surface area contributed by atoms with Crippen LogP contribution in [0.4, 0.5) is 0 Å². The summed E-state index contributed by atoms with van der Waals surface area (Å²) in [4.78, 5) is 14.9. The molecule has 1 saturated heterocycles. The van der Waals surface area contributed by atoms with Crippen LogP contribution in [0, 0.1) is 0 Å². The Morgan fingerprint density at radius 3 is 2.40 bits per heavy atom. The molecule has 3 aliphatic rings. The van der Waals surface area contributed by atoms with Gasteiger partial charge in [0, 0.05) is 19.0 Å². The van der Waals surface area contributed by atoms with Gasteiger partial charge in [0.05, 0.1) is 19.3 Å². The molecule has 0 saturated carbocycles. The van der Waals surface area contributed by atoms with Gasteiger partial charge in [0.1, 0.15) is 13.2 Å². The number of fused-ring (bicyclic) bond motifs is 2. The van der Waals surface area contributed by atoms with Gasteiger partial charge in [-0.3, -0.25) is 4.79 Å². The van der Waals surface area contributed by atoms with Crippen molar-refractivity contribution in [2.24, 2.45) is 0 Å². The lowest BCUT2D eigenvalue weighted by Gasteiger charge is -2.24. The third-order valence-electron chi connectivity index (χ3n) is 5.68. The van der Waals surface area contributed by atoms with E-state index < -0.39 is 0 Å². The number of hydrogen-bond acceptors (Lipinski definition) is 5. The van der Waals surface area contributed by atoms with Crippen LogP contribution in [0.1, 0.15) is 36.4 Å². The van der Waals surface area contributed by atoms with E-state index >= 15 is 0 Å². The molecule has 0 bridgehead atoms. The zero-order chi connectivity index (χ0) is 20.3. The van der Waals surface area contributed by atoms with Crippen LogP contribution in [-0.4, -0.2) is 43.8 Å². The number of benzene rings is 2. The summed E-state index contributed by atoms with van der Waals surface area (Å²) >= 11 is 0. The second kappa shape index (κ2) is 8.30. The number of ether oxygens (including phenoxy) is 4. The Morgan fingerprint density at radius 2 is 1.53 bits per heavy atom. The van der Waals surface area contributed by atoms with Crippen molar-refractivity contribution >= 4 is 12.0 Å². The van der Waals surface area contributed by atoms with Gasteiger partial charge in [0.25, 0.3) is 0 Å². The second-order valence-electron chi connectivity index (χ2n) is 7.68. The van der Waals surface area contributed by atoms with Crippen molar-refractivity contribution in [2.75, 3.05) is 33.0 Å². The molecule has 1 atom stereocenters. The Kier molecular flexibility index (Phi) is 5.22. The zero-order valence-corrected chi connectivity index (χ0v) is 16.8. The first kappa shape index (κ1) is 18.9. The van der Waals surface area contributed by atoms with Crippen LogP contribution in [0.5, 0.6) is 23.0 Å². The lowest BCUT2D eigenvalue weighted by atomic mass is 10.0. The monoisotopic (exact) mass is 407 g/mol. The average Bonchev–Trinajstić information content (AvgIpc) is 3.16. The SMILES string of the molecule is O=C(/C=C/c1ccc2c(c1)OCCO2)N1CCC[C@H]1c1ccc2c(c1)OCCCO2. The van der Waals surface area contributed by atoms with Crippen molar-refractivity contribution in [3.8, 4) is 23.0 Å². The highest BCUT2D eigenvalue weighted by molar-refractivity contribution is 5.92. The molecular weight excluding hydrogens is 382 g/mol. The molecule has 6 heteroatoms. The Labute approximate surface area is 176 Å². The van der Waals surface area contributed by atoms with Gasteiger partial charge < -0.3 is 23.8 Å². The molecule has 2 aromatic carbocycles. The van der Waals surface area contributed by atoms with Gasteiger partial charge in [-0.05, 0) is 54.3 Å². The van der Waals surface area contributed by atoms with Crippen molar-refractivity contribution in [1.82, 2.24) is 4.90 Å². The van der Waals surface area contributed by atoms with Gasteiger partial charge in [0.15, 0.2) is 23.0 Å². The fourth-order valence-corrected chi connectivity index (χ4v) is 4.19. The summed E-state index contributed by atoms with van der Waals surface area (Å²) in [7, 11) is 0. The number of nitrogens with zero attached hydrogens (tertiary/aromatic N) is 1. The van der Waals surface area contributed by atoms with Gasteiger partial charge in [-0.1, -0.05) is 12.1 Å². The van der Waals surface area contributed by atoms with Crippen molar-refractivity contribution in [2.45, 2.75) is 25.3 Å². The van der Waals surface area contributed by atoms with Gasteiger partial charge in [-0.25, -0.2) is 0 Å². The summed E-state index contributed by atoms with van der Waals surface area (Å²) in [5.74, 6) is 3.04. The Bertz CT molecular complexity index is 970. The number of hydrogen-bond donors (Lipinski definition) is 0. The maximum atomic E-state index is 13.0. The minimum atomic E-state index is 0.0134. The van der Waals surface area contributed by atoms with Crippen molar-refractivity contribution < 1.29 is 23.7 Å². The van der Waals surface area contributed by atoms with E-state index in [1.165, 1.54) is 0 Å². The molecule has 5 rings (SSSR count). The second-order valence-corrected chi connectivity index (χ2v) is 7.68. The molecule has 3 aliphatic heterocycles. The summed E-state index contributed by atoms with van der Waals surface area (Å²) in [5.41, 5.74) is 2.01. The molecule has 0 aromatic heterocycles. The molecule has 1 fully saturated rings. The minimum Gasteiger partial charge on any atom is -0.490 e. The molecule has 0 radical (unpaired) electrons. The highest BCUT2D eigenvalue weighted by Crippen LogP contribution is 2.38. The average molecular weight is 407 g/mol. The largest absolute Gasteiger partial charge is 0.490 e. The quantitative estimate of drug-likeness (QED) is 0.720. The first-order chi connectivity index (χ1) is 14.8. The van der Waals surface area contributed by atoms with E-state index in [9.17, 15) is 4.79 Å². The molecule has 6 nitrogen and oxygen atoms in total. The molecule has 30 heavy (non-hydrogen) atoms. The van der Waals surface area contributed by atoms with Crippen molar-refractivity contribution in [3.05, 3.63) is 53.6 Å². The predicted molar refractivity (Wildman–Crippen MR) is 112 cm³/mol. The smallest absolute Gasteiger partial charge is 0.247 e. The first-order valence-electron chi connectivity index (χ1n) is 10.6. The van der Waals surface area contributed by atoms with E-state index in [1.807, 2.05) is 47.4 Å². The van der Waals surface area contributed by atoms with E-state index in [4.69, 9.17) is 18.9 Å². The van der Waals surface area contributed by atoms with Gasteiger partial charge in [-0.15, -0.1) is 0 Å². The molecule has 3 heterocycles. The molecule has 0 unspecified atom stereocenters. The van der Waals surface area contributed by atoms with Crippen molar-refractivity contribution in [1.29, 1.82) is 0 Å². The number of carbonyl (C=O) groups excluding carboxylic acids is 1. The van der Waals surface area contributed by atoms with Crippen molar-refractivity contribution in [3.63, 3.8) is 0 Å². The minimum absolute atomic E-state index is 0.0134. The lowest BCUT2D eigenvalue weighted by Crippen LogP contribution is -2.28. The summed E-state index contributed by atoms with van der Waals surface area (Å²) in [6.45, 7) is 3.19. The summed E-state index contributed by atoms with van der Waals surface area (Å²) in [6, 6.07) is 11.8. The Morgan fingerprint density at radius 1 is 0.833 bits per heavy atom. The molecule has 0 aliphatic carbocycles. The summed E-state index contributed by atoms with van der Waals surface area (Å²) in [5, 5.41) is 0. The molecule has 2 aromatic rings. The van der Waals surface area contributed by atoms with E-state index in [-0.39, 0.29) is 11.9 Å². The third kappa shape index (κ3) is 3.82. The molecular formula is C24H25NO5. The van der Waals surface area contributed by atoms with E-state index in [2.05, 4.69) is 0 Å². The highest BCUT2D eigenvalue weighted by Gasteiger charge is 2.29. The fourth-order valence-electron chi connectivity index (χ4n) is 4.19. The molecule has 0 N–H and O–H groups in total. The van der Waals surface area contributed by atoms with Crippen LogP contribution in [-0.2, 0) is 4.79 Å². The lowest BCUT2D eigenvalue weighted by molar-refractivity contribution is -0.126. The topological polar surface area (TPSA) is 57.2 Å². The van der Waals surface area contributed by atoms with Crippen LogP contribution in [0.25, 0.3) is 6.08 Å². The first-order valence-corrected chi connectivity index (χ1v) is 10.6. The zero-order valence-electron chi connectivity index (χ0n) is 16.8. The summed E-state index contributed by atoms with van der Waals surface area (Å²) in [6.07, 6.45) is 6.30. The van der Waals surface area contributed by atoms with E-state index in [1.54, 1.807) is 6.08 Å². The predicted octanol–water partition coefficient (Wildman–Crippen LogP) is 4.00. The number of amides is 1. The summed E-state index contributed by atoms with van der Waals surface area (Å²) < 4.78 is 22.7. The van der Waals surface area contributed by atoms with Crippen LogP contribution < -0.4 is 18.9 Å². The highest BCUT2D eigenvalue weighted by atomic mass is 16.6. The Hall–Kier alpha value is -3.15. The number of carbonyl (C=O) groups is 1. The molecule has 156 valence electrons. The van der Waals surface area contributed by atoms with Crippen LogP contribution in [0.3, 0.4) is 0 Å². The molecule has 0 spiro atoms. The molecule has 1 amide bonds. The maximum absolute atomic E-state index is 13.0. The van der Waals surface area contributed by atoms with Crippen LogP contribution in [0.15, 0.2) is 42.5 Å². The third-order valence-corrected chi connectivity index (χ3v) is 5.68. The van der Waals surface area contributed by atoms with E-state index in [0.717, 1.165) is 59.9 Å². The normalized spacial score (nSPS) is 20.3. The maximum Gasteiger partial charge on any atom is 0.247 e. The standard InChI is InChI=1S/C24H25NO5/c26-24(9-5-17-4-7-20-22(15-17)30-14-13-29-20)25-10-1-3-19(25)18-6-8-21-23(16-18)28-12-2-11-27-21/h4-9,15-16,19H,1-3,10-14H2/b9-5+/t19-/m0/s1. The Balaban J connectivity index is 1.32.